The van der Waals surface area contributed by atoms with E-state index in [9.17, 15) is 0 Å². The Morgan fingerprint density at radius 3 is 2.50 bits per heavy atom. The molecule has 1 aliphatic rings. The molecule has 2 N–H and O–H groups in total. The van der Waals surface area contributed by atoms with Crippen molar-refractivity contribution in [2.24, 2.45) is 0 Å². The van der Waals surface area contributed by atoms with Crippen LogP contribution >= 0.6 is 12.4 Å². The van der Waals surface area contributed by atoms with E-state index in [0.29, 0.717) is 6.10 Å². The van der Waals surface area contributed by atoms with Crippen LogP contribution in [0, 0.1) is 0 Å². The number of anilines is 1. The first-order valence-electron chi connectivity index (χ1n) is 3.87. The highest BCUT2D eigenvalue weighted by atomic mass is 35.5. The standard InChI is InChI=1S/C9H11NO.ClH/c10-8-3-1-2-4-9(8)11-7-5-6-7;/h1-4,7H,5-6,10H2;1H. The van der Waals surface area contributed by atoms with E-state index in [-0.39, 0.29) is 12.4 Å². The van der Waals surface area contributed by atoms with E-state index in [2.05, 4.69) is 0 Å². The zero-order valence-corrected chi connectivity index (χ0v) is 7.51. The van der Waals surface area contributed by atoms with E-state index in [1.54, 1.807) is 0 Å². The topological polar surface area (TPSA) is 35.2 Å². The largest absolute Gasteiger partial charge is 0.488 e. The van der Waals surface area contributed by atoms with Gasteiger partial charge in [0.25, 0.3) is 0 Å². The molecule has 2 rings (SSSR count). The molecular formula is C9H12ClNO. The molecule has 1 aromatic rings. The van der Waals surface area contributed by atoms with Gasteiger partial charge in [-0.15, -0.1) is 12.4 Å². The highest BCUT2D eigenvalue weighted by Crippen LogP contribution is 2.29. The first-order chi connectivity index (χ1) is 5.36. The lowest BCUT2D eigenvalue weighted by atomic mass is 10.3. The molecule has 0 bridgehead atoms. The van der Waals surface area contributed by atoms with Crippen LogP contribution in [0.3, 0.4) is 0 Å². The fourth-order valence-corrected chi connectivity index (χ4v) is 0.953. The molecule has 0 radical (unpaired) electrons. The molecule has 0 spiro atoms. The third kappa shape index (κ3) is 2.05. The predicted molar refractivity (Wildman–Crippen MR) is 51.8 cm³/mol. The van der Waals surface area contributed by atoms with Crippen molar-refractivity contribution in [2.75, 3.05) is 5.73 Å². The number of nitrogens with two attached hydrogens (primary N) is 1. The van der Waals surface area contributed by atoms with Crippen LogP contribution in [-0.2, 0) is 0 Å². The lowest BCUT2D eigenvalue weighted by molar-refractivity contribution is 0.305. The van der Waals surface area contributed by atoms with Gasteiger partial charge in [-0.25, -0.2) is 0 Å². The van der Waals surface area contributed by atoms with E-state index >= 15 is 0 Å². The molecule has 0 heterocycles. The smallest absolute Gasteiger partial charge is 0.142 e. The first kappa shape index (κ1) is 9.20. The quantitative estimate of drug-likeness (QED) is 0.718. The molecule has 1 aromatic carbocycles. The van der Waals surface area contributed by atoms with Gasteiger partial charge in [0.1, 0.15) is 5.75 Å². The number of nitrogen functional groups attached to an aromatic ring is 1. The van der Waals surface area contributed by atoms with Gasteiger partial charge in [-0.1, -0.05) is 12.1 Å². The minimum absolute atomic E-state index is 0. The van der Waals surface area contributed by atoms with E-state index in [4.69, 9.17) is 10.5 Å². The third-order valence-electron chi connectivity index (χ3n) is 1.74. The average Bonchev–Trinajstić information content (AvgIpc) is 2.78. The zero-order valence-electron chi connectivity index (χ0n) is 6.69. The fourth-order valence-electron chi connectivity index (χ4n) is 0.953. The Kier molecular flexibility index (Phi) is 2.82. The minimum atomic E-state index is 0. The molecular weight excluding hydrogens is 174 g/mol. The van der Waals surface area contributed by atoms with Crippen molar-refractivity contribution in [3.05, 3.63) is 24.3 Å². The first-order valence-corrected chi connectivity index (χ1v) is 3.87. The summed E-state index contributed by atoms with van der Waals surface area (Å²) in [6.45, 7) is 0. The Bertz CT molecular complexity index is 260. The van der Waals surface area contributed by atoms with Gasteiger partial charge < -0.3 is 10.5 Å². The second-order valence-corrected chi connectivity index (χ2v) is 2.86. The van der Waals surface area contributed by atoms with Gasteiger partial charge in [0, 0.05) is 0 Å². The Morgan fingerprint density at radius 2 is 1.92 bits per heavy atom. The number of benzene rings is 1. The Balaban J connectivity index is 0.000000720. The molecule has 0 aromatic heterocycles. The highest BCUT2D eigenvalue weighted by Gasteiger charge is 2.23. The van der Waals surface area contributed by atoms with Gasteiger partial charge in [0.15, 0.2) is 0 Å². The molecule has 1 saturated carbocycles. The average molecular weight is 186 g/mol. The van der Waals surface area contributed by atoms with E-state index in [0.717, 1.165) is 11.4 Å². The minimum Gasteiger partial charge on any atom is -0.488 e. The maximum Gasteiger partial charge on any atom is 0.142 e. The van der Waals surface area contributed by atoms with Gasteiger partial charge in [-0.2, -0.15) is 0 Å². The summed E-state index contributed by atoms with van der Waals surface area (Å²) >= 11 is 0. The second kappa shape index (κ2) is 3.68. The monoisotopic (exact) mass is 185 g/mol. The lowest BCUT2D eigenvalue weighted by Crippen LogP contribution is -1.98. The predicted octanol–water partition coefficient (Wildman–Crippen LogP) is 2.23. The summed E-state index contributed by atoms with van der Waals surface area (Å²) in [7, 11) is 0. The third-order valence-corrected chi connectivity index (χ3v) is 1.74. The van der Waals surface area contributed by atoms with Crippen molar-refractivity contribution in [1.29, 1.82) is 0 Å². The summed E-state index contributed by atoms with van der Waals surface area (Å²) in [4.78, 5) is 0. The van der Waals surface area contributed by atoms with Crippen LogP contribution in [0.2, 0.25) is 0 Å². The van der Waals surface area contributed by atoms with Crippen LogP contribution in [0.15, 0.2) is 24.3 Å². The highest BCUT2D eigenvalue weighted by molar-refractivity contribution is 5.85. The van der Waals surface area contributed by atoms with Gasteiger partial charge in [0.2, 0.25) is 0 Å². The maximum absolute atomic E-state index is 5.67. The Morgan fingerprint density at radius 1 is 1.25 bits per heavy atom. The fraction of sp³-hybridized carbons (Fsp3) is 0.333. The summed E-state index contributed by atoms with van der Waals surface area (Å²) in [5.41, 5.74) is 6.41. The summed E-state index contributed by atoms with van der Waals surface area (Å²) in [5, 5.41) is 0. The molecule has 0 amide bonds. The van der Waals surface area contributed by atoms with E-state index in [1.807, 2.05) is 24.3 Å². The molecule has 0 unspecified atom stereocenters. The van der Waals surface area contributed by atoms with Crippen LogP contribution in [-0.4, -0.2) is 6.10 Å². The van der Waals surface area contributed by atoms with Crippen molar-refractivity contribution in [3.8, 4) is 5.75 Å². The van der Waals surface area contributed by atoms with Crippen molar-refractivity contribution in [2.45, 2.75) is 18.9 Å². The maximum atomic E-state index is 5.67. The Hall–Kier alpha value is -0.890. The number of ether oxygens (including phenoxy) is 1. The molecule has 0 atom stereocenters. The molecule has 0 saturated heterocycles. The van der Waals surface area contributed by atoms with Crippen LogP contribution < -0.4 is 10.5 Å². The SMILES string of the molecule is Cl.Nc1ccccc1OC1CC1. The summed E-state index contributed by atoms with van der Waals surface area (Å²) < 4.78 is 5.53. The second-order valence-electron chi connectivity index (χ2n) is 2.86. The molecule has 66 valence electrons. The summed E-state index contributed by atoms with van der Waals surface area (Å²) in [5.74, 6) is 0.829. The van der Waals surface area contributed by atoms with E-state index < -0.39 is 0 Å². The summed E-state index contributed by atoms with van der Waals surface area (Å²) in [6, 6.07) is 7.62. The van der Waals surface area contributed by atoms with Crippen molar-refractivity contribution >= 4 is 18.1 Å². The lowest BCUT2D eigenvalue weighted by Gasteiger charge is -2.05. The Labute approximate surface area is 78.1 Å². The van der Waals surface area contributed by atoms with Crippen molar-refractivity contribution in [1.82, 2.24) is 0 Å². The number of rotatable bonds is 2. The van der Waals surface area contributed by atoms with Crippen LogP contribution in [0.1, 0.15) is 12.8 Å². The van der Waals surface area contributed by atoms with Crippen LogP contribution in [0.4, 0.5) is 5.69 Å². The number of para-hydroxylation sites is 2. The van der Waals surface area contributed by atoms with Crippen LogP contribution in [0.5, 0.6) is 5.75 Å². The molecule has 12 heavy (non-hydrogen) atoms. The van der Waals surface area contributed by atoms with E-state index in [1.165, 1.54) is 12.8 Å². The van der Waals surface area contributed by atoms with Gasteiger partial charge in [-0.05, 0) is 25.0 Å². The van der Waals surface area contributed by atoms with Crippen molar-refractivity contribution in [3.63, 3.8) is 0 Å². The molecule has 0 aliphatic heterocycles. The molecule has 3 heteroatoms. The molecule has 1 aliphatic carbocycles. The van der Waals surface area contributed by atoms with Crippen molar-refractivity contribution < 1.29 is 4.74 Å². The number of hydrogen-bond donors (Lipinski definition) is 1. The molecule has 2 nitrogen and oxygen atoms in total. The van der Waals surface area contributed by atoms with Gasteiger partial charge in [0.05, 0.1) is 11.8 Å². The number of hydrogen-bond acceptors (Lipinski definition) is 2. The van der Waals surface area contributed by atoms with Gasteiger partial charge >= 0.3 is 0 Å². The summed E-state index contributed by atoms with van der Waals surface area (Å²) in [6.07, 6.45) is 2.78. The number of halogens is 1. The normalized spacial score (nSPS) is 15.0. The molecule has 1 fully saturated rings. The zero-order chi connectivity index (χ0) is 7.68. The van der Waals surface area contributed by atoms with Gasteiger partial charge in [-0.3, -0.25) is 0 Å². The van der Waals surface area contributed by atoms with Crippen LogP contribution in [0.25, 0.3) is 0 Å².